The number of halogens is 1. The van der Waals surface area contributed by atoms with Crippen LogP contribution >= 0.6 is 15.9 Å². The van der Waals surface area contributed by atoms with E-state index in [0.29, 0.717) is 17.0 Å². The van der Waals surface area contributed by atoms with Crippen LogP contribution in [-0.2, 0) is 4.79 Å². The standard InChI is InChI=1S/C14H15BrO/c15-13-9-12(14(16)10-13)8-4-7-11-5-2-1-3-6-11/h1-7,12-13H,8-10H2/b7-4+. The summed E-state index contributed by atoms with van der Waals surface area (Å²) in [6.07, 6.45) is 6.76. The van der Waals surface area contributed by atoms with Gasteiger partial charge >= 0.3 is 0 Å². The van der Waals surface area contributed by atoms with Crippen molar-refractivity contribution in [3.05, 3.63) is 42.0 Å². The molecule has 0 saturated heterocycles. The average molecular weight is 279 g/mol. The maximum Gasteiger partial charge on any atom is 0.137 e. The predicted molar refractivity (Wildman–Crippen MR) is 70.5 cm³/mol. The normalized spacial score (nSPS) is 25.4. The van der Waals surface area contributed by atoms with Crippen LogP contribution in [0.1, 0.15) is 24.8 Å². The molecule has 0 radical (unpaired) electrons. The molecule has 1 nitrogen and oxygen atoms in total. The number of carbonyl (C=O) groups excluding carboxylic acids is 1. The van der Waals surface area contributed by atoms with E-state index in [1.165, 1.54) is 5.56 Å². The summed E-state index contributed by atoms with van der Waals surface area (Å²) in [6, 6.07) is 10.2. The van der Waals surface area contributed by atoms with Crippen LogP contribution in [0.5, 0.6) is 0 Å². The Hall–Kier alpha value is -0.890. The highest BCUT2D eigenvalue weighted by Gasteiger charge is 2.29. The highest BCUT2D eigenvalue weighted by atomic mass is 79.9. The van der Waals surface area contributed by atoms with E-state index in [2.05, 4.69) is 40.2 Å². The first-order valence-corrected chi connectivity index (χ1v) is 6.55. The molecule has 1 aromatic carbocycles. The Bertz CT molecular complexity index is 383. The summed E-state index contributed by atoms with van der Waals surface area (Å²) in [5.41, 5.74) is 1.20. The summed E-state index contributed by atoms with van der Waals surface area (Å²) in [7, 11) is 0. The van der Waals surface area contributed by atoms with Crippen molar-refractivity contribution in [3.8, 4) is 0 Å². The van der Waals surface area contributed by atoms with Crippen LogP contribution in [0.2, 0.25) is 0 Å². The Balaban J connectivity index is 1.88. The average Bonchev–Trinajstić information content (AvgIpc) is 2.59. The second kappa shape index (κ2) is 5.44. The van der Waals surface area contributed by atoms with Crippen LogP contribution in [0.25, 0.3) is 6.08 Å². The van der Waals surface area contributed by atoms with Crippen molar-refractivity contribution in [2.75, 3.05) is 0 Å². The molecule has 0 aromatic heterocycles. The van der Waals surface area contributed by atoms with Crippen molar-refractivity contribution in [2.45, 2.75) is 24.1 Å². The molecule has 1 fully saturated rings. The molecular weight excluding hydrogens is 264 g/mol. The Labute approximate surface area is 105 Å². The summed E-state index contributed by atoms with van der Waals surface area (Å²) >= 11 is 3.51. The van der Waals surface area contributed by atoms with E-state index >= 15 is 0 Å². The minimum absolute atomic E-state index is 0.226. The number of carbonyl (C=O) groups is 1. The highest BCUT2D eigenvalue weighted by Crippen LogP contribution is 2.30. The molecule has 0 bridgehead atoms. The number of allylic oxidation sites excluding steroid dienone is 1. The molecule has 1 aliphatic carbocycles. The van der Waals surface area contributed by atoms with Crippen LogP contribution in [0.15, 0.2) is 36.4 Å². The fourth-order valence-corrected chi connectivity index (χ4v) is 2.84. The summed E-state index contributed by atoms with van der Waals surface area (Å²) < 4.78 is 0. The molecular formula is C14H15BrO. The van der Waals surface area contributed by atoms with Gasteiger partial charge in [-0.05, 0) is 18.4 Å². The predicted octanol–water partition coefficient (Wildman–Crippen LogP) is 3.83. The van der Waals surface area contributed by atoms with E-state index in [1.807, 2.05) is 18.2 Å². The molecule has 2 heteroatoms. The number of hydrogen-bond acceptors (Lipinski definition) is 1. The zero-order chi connectivity index (χ0) is 11.4. The minimum atomic E-state index is 0.226. The van der Waals surface area contributed by atoms with Gasteiger partial charge in [-0.3, -0.25) is 4.79 Å². The molecule has 84 valence electrons. The lowest BCUT2D eigenvalue weighted by atomic mass is 10.0. The third-order valence-electron chi connectivity index (χ3n) is 2.95. The smallest absolute Gasteiger partial charge is 0.137 e. The number of Topliss-reactive ketones (excluding diaryl/α,β-unsaturated/α-hetero) is 1. The van der Waals surface area contributed by atoms with Crippen LogP contribution in [-0.4, -0.2) is 10.6 Å². The molecule has 2 atom stereocenters. The van der Waals surface area contributed by atoms with E-state index in [0.717, 1.165) is 12.8 Å². The molecule has 0 N–H and O–H groups in total. The molecule has 1 saturated carbocycles. The van der Waals surface area contributed by atoms with Gasteiger partial charge in [0.1, 0.15) is 5.78 Å². The molecule has 0 heterocycles. The van der Waals surface area contributed by atoms with Gasteiger partial charge in [0.15, 0.2) is 0 Å². The summed E-state index contributed by atoms with van der Waals surface area (Å²) in [4.78, 5) is 12.0. The van der Waals surface area contributed by atoms with Crippen molar-refractivity contribution in [3.63, 3.8) is 0 Å². The van der Waals surface area contributed by atoms with E-state index in [9.17, 15) is 4.79 Å². The number of hydrogen-bond donors (Lipinski definition) is 0. The van der Waals surface area contributed by atoms with E-state index < -0.39 is 0 Å². The Morgan fingerprint density at radius 1 is 1.31 bits per heavy atom. The van der Waals surface area contributed by atoms with Gasteiger partial charge in [-0.25, -0.2) is 0 Å². The van der Waals surface area contributed by atoms with Gasteiger partial charge in [0.25, 0.3) is 0 Å². The number of ketones is 1. The third-order valence-corrected chi connectivity index (χ3v) is 3.65. The van der Waals surface area contributed by atoms with E-state index in [4.69, 9.17) is 0 Å². The second-order valence-corrected chi connectivity index (χ2v) is 5.54. The van der Waals surface area contributed by atoms with Crippen LogP contribution in [0.3, 0.4) is 0 Å². The lowest BCUT2D eigenvalue weighted by Crippen LogP contribution is -2.03. The lowest BCUT2D eigenvalue weighted by molar-refractivity contribution is -0.120. The maximum atomic E-state index is 11.6. The van der Waals surface area contributed by atoms with Gasteiger partial charge in [0.05, 0.1) is 0 Å². The topological polar surface area (TPSA) is 17.1 Å². The van der Waals surface area contributed by atoms with Gasteiger partial charge in [-0.2, -0.15) is 0 Å². The van der Waals surface area contributed by atoms with Crippen molar-refractivity contribution in [1.29, 1.82) is 0 Å². The van der Waals surface area contributed by atoms with Gasteiger partial charge in [0, 0.05) is 17.2 Å². The fourth-order valence-electron chi connectivity index (χ4n) is 2.07. The van der Waals surface area contributed by atoms with Crippen molar-refractivity contribution >= 4 is 27.8 Å². The Kier molecular flexibility index (Phi) is 3.94. The second-order valence-electron chi connectivity index (χ2n) is 4.25. The summed E-state index contributed by atoms with van der Waals surface area (Å²) in [6.45, 7) is 0. The van der Waals surface area contributed by atoms with Crippen molar-refractivity contribution in [1.82, 2.24) is 0 Å². The molecule has 2 unspecified atom stereocenters. The van der Waals surface area contributed by atoms with Gasteiger partial charge in [0.2, 0.25) is 0 Å². The SMILES string of the molecule is O=C1CC(Br)CC1C/C=C/c1ccccc1. The van der Waals surface area contributed by atoms with E-state index in [1.54, 1.807) is 0 Å². The molecule has 1 aromatic rings. The molecule has 0 amide bonds. The van der Waals surface area contributed by atoms with Crippen molar-refractivity contribution in [2.24, 2.45) is 5.92 Å². The zero-order valence-electron chi connectivity index (χ0n) is 9.10. The van der Waals surface area contributed by atoms with E-state index in [-0.39, 0.29) is 5.92 Å². The number of alkyl halides is 1. The third kappa shape index (κ3) is 3.05. The first-order chi connectivity index (χ1) is 7.75. The highest BCUT2D eigenvalue weighted by molar-refractivity contribution is 9.09. The Morgan fingerprint density at radius 2 is 2.06 bits per heavy atom. The monoisotopic (exact) mass is 278 g/mol. The first-order valence-electron chi connectivity index (χ1n) is 5.64. The van der Waals surface area contributed by atoms with Crippen molar-refractivity contribution < 1.29 is 4.79 Å². The zero-order valence-corrected chi connectivity index (χ0v) is 10.7. The fraction of sp³-hybridized carbons (Fsp3) is 0.357. The molecule has 2 rings (SSSR count). The van der Waals surface area contributed by atoms with Gasteiger partial charge in [-0.15, -0.1) is 0 Å². The van der Waals surface area contributed by atoms with Gasteiger partial charge in [-0.1, -0.05) is 58.4 Å². The quantitative estimate of drug-likeness (QED) is 0.768. The maximum absolute atomic E-state index is 11.6. The van der Waals surface area contributed by atoms with Crippen LogP contribution < -0.4 is 0 Å². The Morgan fingerprint density at radius 3 is 2.69 bits per heavy atom. The van der Waals surface area contributed by atoms with Gasteiger partial charge < -0.3 is 0 Å². The largest absolute Gasteiger partial charge is 0.299 e. The molecule has 0 spiro atoms. The molecule has 1 aliphatic rings. The summed E-state index contributed by atoms with van der Waals surface area (Å²) in [5, 5.41) is 0. The first kappa shape index (κ1) is 11.6. The van der Waals surface area contributed by atoms with Crippen LogP contribution in [0, 0.1) is 5.92 Å². The number of benzene rings is 1. The van der Waals surface area contributed by atoms with Crippen LogP contribution in [0.4, 0.5) is 0 Å². The summed E-state index contributed by atoms with van der Waals surface area (Å²) in [5.74, 6) is 0.629. The minimum Gasteiger partial charge on any atom is -0.299 e. The number of rotatable bonds is 3. The molecule has 16 heavy (non-hydrogen) atoms. The lowest BCUT2D eigenvalue weighted by Gasteiger charge is -2.02. The molecule has 0 aliphatic heterocycles.